The quantitative estimate of drug-likeness (QED) is 0.914. The Balaban J connectivity index is 2.02. The summed E-state index contributed by atoms with van der Waals surface area (Å²) >= 11 is 1.45. The minimum Gasteiger partial charge on any atom is -0.480 e. The Kier molecular flexibility index (Phi) is 3.75. The van der Waals surface area contributed by atoms with Gasteiger partial charge in [-0.15, -0.1) is 11.8 Å². The standard InChI is InChI=1S/C14H17NO4S2/c1-9-3-2-4-11(7-9)21(18,19)15-12(14(16)17)8-20-13(15)10-5-6-10/h2-4,7,10,12-13H,5-6,8H2,1H3,(H,16,17). The van der Waals surface area contributed by atoms with E-state index in [9.17, 15) is 18.3 Å². The average Bonchev–Trinajstić information content (AvgIpc) is 3.16. The molecule has 0 bridgehead atoms. The van der Waals surface area contributed by atoms with E-state index < -0.39 is 22.0 Å². The van der Waals surface area contributed by atoms with Crippen molar-refractivity contribution in [3.63, 3.8) is 0 Å². The Morgan fingerprint density at radius 1 is 1.38 bits per heavy atom. The number of nitrogens with zero attached hydrogens (tertiary/aromatic N) is 1. The molecule has 2 fully saturated rings. The van der Waals surface area contributed by atoms with Crippen molar-refractivity contribution in [1.82, 2.24) is 4.31 Å². The topological polar surface area (TPSA) is 74.7 Å². The summed E-state index contributed by atoms with van der Waals surface area (Å²) in [6.07, 6.45) is 1.95. The normalized spacial score (nSPS) is 26.9. The molecular weight excluding hydrogens is 310 g/mol. The number of hydrogen-bond acceptors (Lipinski definition) is 4. The summed E-state index contributed by atoms with van der Waals surface area (Å²) in [5.74, 6) is -0.456. The van der Waals surface area contributed by atoms with Gasteiger partial charge in [0.15, 0.2) is 0 Å². The highest BCUT2D eigenvalue weighted by Crippen LogP contribution is 2.47. The molecule has 1 aliphatic heterocycles. The fourth-order valence-electron chi connectivity index (χ4n) is 2.62. The summed E-state index contributed by atoms with van der Waals surface area (Å²) in [5.41, 5.74) is 0.845. The molecule has 1 saturated heterocycles. The van der Waals surface area contributed by atoms with Crippen LogP contribution >= 0.6 is 11.8 Å². The van der Waals surface area contributed by atoms with Gasteiger partial charge in [-0.3, -0.25) is 4.79 Å². The smallest absolute Gasteiger partial charge is 0.322 e. The van der Waals surface area contributed by atoms with E-state index in [0.717, 1.165) is 18.4 Å². The van der Waals surface area contributed by atoms with Crippen LogP contribution in [0.4, 0.5) is 0 Å². The number of aliphatic carboxylic acids is 1. The van der Waals surface area contributed by atoms with Gasteiger partial charge in [0.05, 0.1) is 10.3 Å². The monoisotopic (exact) mass is 327 g/mol. The van der Waals surface area contributed by atoms with E-state index >= 15 is 0 Å². The number of thioether (sulfide) groups is 1. The summed E-state index contributed by atoms with van der Waals surface area (Å²) in [4.78, 5) is 11.6. The van der Waals surface area contributed by atoms with Crippen LogP contribution in [0.5, 0.6) is 0 Å². The Bertz CT molecular complexity index is 669. The Morgan fingerprint density at radius 2 is 2.10 bits per heavy atom. The van der Waals surface area contributed by atoms with Crippen LogP contribution < -0.4 is 0 Å². The SMILES string of the molecule is Cc1cccc(S(=O)(=O)N2C(C(=O)O)CSC2C2CC2)c1. The molecule has 1 aromatic carbocycles. The van der Waals surface area contributed by atoms with Gasteiger partial charge < -0.3 is 5.11 Å². The number of hydrogen-bond donors (Lipinski definition) is 1. The van der Waals surface area contributed by atoms with E-state index in [-0.39, 0.29) is 10.3 Å². The van der Waals surface area contributed by atoms with Crippen LogP contribution in [0.15, 0.2) is 29.2 Å². The second-order valence-electron chi connectivity index (χ2n) is 5.57. The molecular formula is C14H17NO4S2. The van der Waals surface area contributed by atoms with E-state index in [0.29, 0.717) is 11.7 Å². The molecule has 114 valence electrons. The van der Waals surface area contributed by atoms with Crippen LogP contribution in [0, 0.1) is 12.8 Å². The molecule has 2 aliphatic rings. The molecule has 3 rings (SSSR count). The van der Waals surface area contributed by atoms with Gasteiger partial charge in [-0.1, -0.05) is 12.1 Å². The summed E-state index contributed by atoms with van der Waals surface area (Å²) in [6.45, 7) is 1.82. The molecule has 7 heteroatoms. The van der Waals surface area contributed by atoms with Crippen molar-refractivity contribution in [1.29, 1.82) is 0 Å². The fourth-order valence-corrected chi connectivity index (χ4v) is 6.53. The second kappa shape index (κ2) is 5.30. The van der Waals surface area contributed by atoms with Gasteiger partial charge in [0, 0.05) is 5.75 Å². The van der Waals surface area contributed by atoms with Gasteiger partial charge in [0.25, 0.3) is 0 Å². The molecule has 1 N–H and O–H groups in total. The van der Waals surface area contributed by atoms with Crippen molar-refractivity contribution in [2.45, 2.75) is 36.1 Å². The Hall–Kier alpha value is -1.05. The number of carboxylic acid groups (broad SMARTS) is 1. The average molecular weight is 327 g/mol. The van der Waals surface area contributed by atoms with E-state index in [2.05, 4.69) is 0 Å². The first-order chi connectivity index (χ1) is 9.91. The van der Waals surface area contributed by atoms with Gasteiger partial charge in [-0.2, -0.15) is 4.31 Å². The molecule has 21 heavy (non-hydrogen) atoms. The number of aryl methyl sites for hydroxylation is 1. The number of carboxylic acids is 1. The first-order valence-corrected chi connectivity index (χ1v) is 9.35. The maximum atomic E-state index is 12.9. The highest BCUT2D eigenvalue weighted by molar-refractivity contribution is 8.01. The maximum Gasteiger partial charge on any atom is 0.322 e. The molecule has 2 unspecified atom stereocenters. The van der Waals surface area contributed by atoms with Crippen LogP contribution in [0.25, 0.3) is 0 Å². The molecule has 0 radical (unpaired) electrons. The zero-order chi connectivity index (χ0) is 15.2. The van der Waals surface area contributed by atoms with Crippen molar-refractivity contribution in [3.05, 3.63) is 29.8 Å². The van der Waals surface area contributed by atoms with E-state index in [1.54, 1.807) is 12.1 Å². The summed E-state index contributed by atoms with van der Waals surface area (Å²) in [6, 6.07) is 5.68. The van der Waals surface area contributed by atoms with Crippen molar-refractivity contribution < 1.29 is 18.3 Å². The third-order valence-corrected chi connectivity index (χ3v) is 7.34. The lowest BCUT2D eigenvalue weighted by molar-refractivity contribution is -0.140. The molecule has 1 heterocycles. The van der Waals surface area contributed by atoms with E-state index in [1.165, 1.54) is 22.1 Å². The third-order valence-electron chi connectivity index (χ3n) is 3.86. The van der Waals surface area contributed by atoms with Crippen LogP contribution in [-0.2, 0) is 14.8 Å². The molecule has 0 amide bonds. The highest BCUT2D eigenvalue weighted by atomic mass is 32.2. The van der Waals surface area contributed by atoms with E-state index in [1.807, 2.05) is 13.0 Å². The predicted molar refractivity (Wildman–Crippen MR) is 80.6 cm³/mol. The minimum absolute atomic E-state index is 0.182. The number of sulfonamides is 1. The van der Waals surface area contributed by atoms with Crippen molar-refractivity contribution >= 4 is 27.8 Å². The zero-order valence-electron chi connectivity index (χ0n) is 11.6. The molecule has 0 aromatic heterocycles. The first kappa shape index (κ1) is 14.9. The number of carbonyl (C=O) groups is 1. The van der Waals surface area contributed by atoms with Crippen LogP contribution in [0.3, 0.4) is 0 Å². The van der Waals surface area contributed by atoms with Crippen molar-refractivity contribution in [2.24, 2.45) is 5.92 Å². The molecule has 0 spiro atoms. The number of rotatable bonds is 4. The summed E-state index contributed by atoms with van der Waals surface area (Å²) < 4.78 is 27.0. The summed E-state index contributed by atoms with van der Waals surface area (Å²) in [5, 5.41) is 9.11. The minimum atomic E-state index is -3.78. The fraction of sp³-hybridized carbons (Fsp3) is 0.500. The van der Waals surface area contributed by atoms with Gasteiger partial charge in [-0.25, -0.2) is 8.42 Å². The number of benzene rings is 1. The zero-order valence-corrected chi connectivity index (χ0v) is 13.2. The van der Waals surface area contributed by atoms with Gasteiger partial charge in [0.1, 0.15) is 6.04 Å². The van der Waals surface area contributed by atoms with Crippen LogP contribution in [0.2, 0.25) is 0 Å². The van der Waals surface area contributed by atoms with Crippen LogP contribution in [-0.4, -0.2) is 41.0 Å². The third kappa shape index (κ3) is 2.69. The highest BCUT2D eigenvalue weighted by Gasteiger charge is 2.51. The molecule has 5 nitrogen and oxygen atoms in total. The lowest BCUT2D eigenvalue weighted by Crippen LogP contribution is -2.46. The largest absolute Gasteiger partial charge is 0.480 e. The Labute approximate surface area is 128 Å². The lowest BCUT2D eigenvalue weighted by Gasteiger charge is -2.26. The van der Waals surface area contributed by atoms with E-state index in [4.69, 9.17) is 0 Å². The molecule has 1 aromatic rings. The molecule has 1 saturated carbocycles. The molecule has 2 atom stereocenters. The lowest BCUT2D eigenvalue weighted by atomic mass is 10.2. The summed E-state index contributed by atoms with van der Waals surface area (Å²) in [7, 11) is -3.78. The second-order valence-corrected chi connectivity index (χ2v) is 8.56. The van der Waals surface area contributed by atoms with Gasteiger partial charge in [-0.05, 0) is 43.4 Å². The first-order valence-electron chi connectivity index (χ1n) is 6.86. The molecule has 1 aliphatic carbocycles. The van der Waals surface area contributed by atoms with Gasteiger partial charge >= 0.3 is 5.97 Å². The maximum absolute atomic E-state index is 12.9. The van der Waals surface area contributed by atoms with Crippen molar-refractivity contribution in [2.75, 3.05) is 5.75 Å². The van der Waals surface area contributed by atoms with Crippen LogP contribution in [0.1, 0.15) is 18.4 Å². The van der Waals surface area contributed by atoms with Crippen molar-refractivity contribution in [3.8, 4) is 0 Å². The predicted octanol–water partition coefficient (Wildman–Crippen LogP) is 1.92. The van der Waals surface area contributed by atoms with Gasteiger partial charge in [0.2, 0.25) is 10.0 Å². The Morgan fingerprint density at radius 3 is 2.67 bits per heavy atom.